The summed E-state index contributed by atoms with van der Waals surface area (Å²) in [6, 6.07) is 8.12. The lowest BCUT2D eigenvalue weighted by molar-refractivity contribution is 0.0746. The minimum absolute atomic E-state index is 0.0223. The zero-order chi connectivity index (χ0) is 16.4. The molecule has 0 bridgehead atoms. The maximum absolute atomic E-state index is 12.5. The van der Waals surface area contributed by atoms with E-state index in [2.05, 4.69) is 36.9 Å². The van der Waals surface area contributed by atoms with E-state index in [1.165, 1.54) is 23.1 Å². The number of aryl methyl sites for hydroxylation is 1. The van der Waals surface area contributed by atoms with Gasteiger partial charge >= 0.3 is 0 Å². The van der Waals surface area contributed by atoms with E-state index < -0.39 is 0 Å². The summed E-state index contributed by atoms with van der Waals surface area (Å²) in [4.78, 5) is 16.7. The van der Waals surface area contributed by atoms with Crippen LogP contribution in [0.25, 0.3) is 0 Å². The van der Waals surface area contributed by atoms with E-state index in [9.17, 15) is 4.79 Å². The van der Waals surface area contributed by atoms with Crippen molar-refractivity contribution in [3.05, 3.63) is 53.0 Å². The molecule has 5 nitrogen and oxygen atoms in total. The topological polar surface area (TPSA) is 62.7 Å². The molecule has 2 heterocycles. The largest absolute Gasteiger partial charge is 0.467 e. The number of furan rings is 1. The Labute approximate surface area is 136 Å². The Hall–Kier alpha value is -2.27. The number of hydrogen-bond acceptors (Lipinski definition) is 4. The summed E-state index contributed by atoms with van der Waals surface area (Å²) in [7, 11) is 0. The van der Waals surface area contributed by atoms with Crippen molar-refractivity contribution in [2.24, 2.45) is 5.73 Å². The average Bonchev–Trinajstić information content (AvgIpc) is 3.06. The van der Waals surface area contributed by atoms with Gasteiger partial charge in [0.25, 0.3) is 5.91 Å². The summed E-state index contributed by atoms with van der Waals surface area (Å²) < 4.78 is 5.26. The molecule has 0 saturated carbocycles. The molecule has 0 radical (unpaired) electrons. The monoisotopic (exact) mass is 313 g/mol. The van der Waals surface area contributed by atoms with Crippen LogP contribution in [0.4, 0.5) is 5.69 Å². The summed E-state index contributed by atoms with van der Waals surface area (Å²) in [5.74, 6) is 0.663. The Bertz CT molecular complexity index is 700. The number of anilines is 1. The first-order valence-corrected chi connectivity index (χ1v) is 7.98. The number of benzene rings is 1. The molecule has 1 aliphatic heterocycles. The van der Waals surface area contributed by atoms with Gasteiger partial charge in [0, 0.05) is 31.9 Å². The minimum atomic E-state index is 0.0223. The number of carbonyl (C=O) groups is 1. The van der Waals surface area contributed by atoms with Gasteiger partial charge in [0.1, 0.15) is 12.0 Å². The number of piperazine rings is 1. The average molecular weight is 313 g/mol. The molecule has 122 valence electrons. The highest BCUT2D eigenvalue weighted by Crippen LogP contribution is 2.24. The molecule has 1 aliphatic rings. The Morgan fingerprint density at radius 2 is 1.96 bits per heavy atom. The quantitative estimate of drug-likeness (QED) is 0.944. The molecule has 1 saturated heterocycles. The van der Waals surface area contributed by atoms with Crippen molar-refractivity contribution in [3.63, 3.8) is 0 Å². The maximum atomic E-state index is 12.5. The van der Waals surface area contributed by atoms with Crippen molar-refractivity contribution in [2.45, 2.75) is 20.4 Å². The molecule has 23 heavy (non-hydrogen) atoms. The molecule has 0 unspecified atom stereocenters. The van der Waals surface area contributed by atoms with E-state index in [4.69, 9.17) is 10.2 Å². The van der Waals surface area contributed by atoms with Crippen LogP contribution < -0.4 is 10.6 Å². The minimum Gasteiger partial charge on any atom is -0.467 e. The number of amides is 1. The van der Waals surface area contributed by atoms with Gasteiger partial charge in [0.05, 0.1) is 12.1 Å². The fourth-order valence-electron chi connectivity index (χ4n) is 3.01. The van der Waals surface area contributed by atoms with Gasteiger partial charge in [-0.25, -0.2) is 0 Å². The maximum Gasteiger partial charge on any atom is 0.257 e. The molecule has 0 spiro atoms. The predicted octanol–water partition coefficient (Wildman–Crippen LogP) is 2.32. The highest BCUT2D eigenvalue weighted by Gasteiger charge is 2.24. The van der Waals surface area contributed by atoms with Crippen molar-refractivity contribution in [1.82, 2.24) is 4.90 Å². The van der Waals surface area contributed by atoms with Gasteiger partial charge in [0.15, 0.2) is 0 Å². The van der Waals surface area contributed by atoms with Crippen LogP contribution in [0, 0.1) is 13.8 Å². The third-order valence-corrected chi connectivity index (χ3v) is 4.59. The lowest BCUT2D eigenvalue weighted by atomic mass is 10.1. The first-order chi connectivity index (χ1) is 11.1. The van der Waals surface area contributed by atoms with Crippen molar-refractivity contribution in [3.8, 4) is 0 Å². The predicted molar refractivity (Wildman–Crippen MR) is 90.6 cm³/mol. The van der Waals surface area contributed by atoms with Crippen molar-refractivity contribution in [1.29, 1.82) is 0 Å². The van der Waals surface area contributed by atoms with Gasteiger partial charge in [-0.3, -0.25) is 4.79 Å². The molecule has 3 rings (SSSR count). The van der Waals surface area contributed by atoms with Crippen LogP contribution in [0.15, 0.2) is 34.9 Å². The van der Waals surface area contributed by atoms with Crippen LogP contribution >= 0.6 is 0 Å². The lowest BCUT2D eigenvalue weighted by Gasteiger charge is -2.37. The molecule has 5 heteroatoms. The fourth-order valence-corrected chi connectivity index (χ4v) is 3.01. The summed E-state index contributed by atoms with van der Waals surface area (Å²) in [5, 5.41) is 0. The van der Waals surface area contributed by atoms with Gasteiger partial charge in [-0.2, -0.15) is 0 Å². The molecule has 2 N–H and O–H groups in total. The highest BCUT2D eigenvalue weighted by atomic mass is 16.3. The number of nitrogens with zero attached hydrogens (tertiary/aromatic N) is 2. The second-order valence-corrected chi connectivity index (χ2v) is 6.00. The fraction of sp³-hybridized carbons (Fsp3) is 0.389. The molecule has 2 aromatic rings. The molecular formula is C18H23N3O2. The Balaban J connectivity index is 1.66. The van der Waals surface area contributed by atoms with Crippen LogP contribution in [0.3, 0.4) is 0 Å². The molecule has 1 aromatic heterocycles. The lowest BCUT2D eigenvalue weighted by Crippen LogP contribution is -2.49. The van der Waals surface area contributed by atoms with Gasteiger partial charge in [-0.05, 0) is 37.1 Å². The first kappa shape index (κ1) is 15.6. The SMILES string of the molecule is Cc1cccc(N2CCN(C(=O)c3coc(CN)c3)CC2)c1C. The van der Waals surface area contributed by atoms with Crippen molar-refractivity contribution < 1.29 is 9.21 Å². The summed E-state index contributed by atoms with van der Waals surface area (Å²) >= 11 is 0. The zero-order valence-corrected chi connectivity index (χ0v) is 13.7. The summed E-state index contributed by atoms with van der Waals surface area (Å²) in [6.07, 6.45) is 1.50. The van der Waals surface area contributed by atoms with Gasteiger partial charge < -0.3 is 20.0 Å². The standard InChI is InChI=1S/C18H23N3O2/c1-13-4-3-5-17(14(13)2)20-6-8-21(9-7-20)18(22)15-10-16(11-19)23-12-15/h3-5,10,12H,6-9,11,19H2,1-2H3. The Morgan fingerprint density at radius 1 is 1.22 bits per heavy atom. The van der Waals surface area contributed by atoms with E-state index in [1.54, 1.807) is 6.07 Å². The zero-order valence-electron chi connectivity index (χ0n) is 13.7. The van der Waals surface area contributed by atoms with E-state index in [0.29, 0.717) is 17.9 Å². The number of hydrogen-bond donors (Lipinski definition) is 1. The second-order valence-electron chi connectivity index (χ2n) is 6.00. The Kier molecular flexibility index (Phi) is 4.39. The van der Waals surface area contributed by atoms with Crippen LogP contribution in [-0.2, 0) is 6.54 Å². The number of nitrogens with two attached hydrogens (primary N) is 1. The van der Waals surface area contributed by atoms with Crippen LogP contribution in [0.2, 0.25) is 0 Å². The number of carbonyl (C=O) groups excluding carboxylic acids is 1. The van der Waals surface area contributed by atoms with Crippen LogP contribution in [0.1, 0.15) is 27.2 Å². The highest BCUT2D eigenvalue weighted by molar-refractivity contribution is 5.94. The van der Waals surface area contributed by atoms with Gasteiger partial charge in [-0.15, -0.1) is 0 Å². The molecule has 1 fully saturated rings. The molecule has 1 aromatic carbocycles. The third-order valence-electron chi connectivity index (χ3n) is 4.59. The van der Waals surface area contributed by atoms with Gasteiger partial charge in [-0.1, -0.05) is 12.1 Å². The molecule has 1 amide bonds. The summed E-state index contributed by atoms with van der Waals surface area (Å²) in [6.45, 7) is 7.72. The summed E-state index contributed by atoms with van der Waals surface area (Å²) in [5.41, 5.74) is 10.00. The van der Waals surface area contributed by atoms with E-state index in [1.807, 2.05) is 4.90 Å². The van der Waals surface area contributed by atoms with E-state index in [-0.39, 0.29) is 5.91 Å². The van der Waals surface area contributed by atoms with E-state index >= 15 is 0 Å². The number of rotatable bonds is 3. The smallest absolute Gasteiger partial charge is 0.257 e. The normalized spacial score (nSPS) is 15.1. The van der Waals surface area contributed by atoms with Gasteiger partial charge in [0.2, 0.25) is 0 Å². The third kappa shape index (κ3) is 3.10. The Morgan fingerprint density at radius 3 is 2.61 bits per heavy atom. The first-order valence-electron chi connectivity index (χ1n) is 7.98. The second kappa shape index (κ2) is 6.46. The van der Waals surface area contributed by atoms with E-state index in [0.717, 1.165) is 26.2 Å². The van der Waals surface area contributed by atoms with Crippen LogP contribution in [-0.4, -0.2) is 37.0 Å². The van der Waals surface area contributed by atoms with Crippen molar-refractivity contribution >= 4 is 11.6 Å². The van der Waals surface area contributed by atoms with Crippen molar-refractivity contribution in [2.75, 3.05) is 31.1 Å². The molecular weight excluding hydrogens is 290 g/mol. The molecule has 0 atom stereocenters. The molecule has 0 aliphatic carbocycles. The van der Waals surface area contributed by atoms with Crippen LogP contribution in [0.5, 0.6) is 0 Å².